The van der Waals surface area contributed by atoms with Crippen molar-refractivity contribution in [3.8, 4) is 0 Å². The van der Waals surface area contributed by atoms with Crippen LogP contribution in [0.4, 0.5) is 0 Å². The second kappa shape index (κ2) is 60.4. The Hall–Kier alpha value is -3.15. The number of hydrogen-bond donors (Lipinski definition) is 0. The van der Waals surface area contributed by atoms with Crippen LogP contribution in [0, 0.1) is 0 Å². The van der Waals surface area contributed by atoms with Gasteiger partial charge in [-0.1, -0.05) is 293 Å². The van der Waals surface area contributed by atoms with Gasteiger partial charge in [0, 0.05) is 19.3 Å². The maximum Gasteiger partial charge on any atom is 0.306 e. The first-order valence-electron chi connectivity index (χ1n) is 30.9. The summed E-state index contributed by atoms with van der Waals surface area (Å²) in [6, 6.07) is 0. The number of allylic oxidation sites excluding steroid dienone is 12. The molecule has 6 heteroatoms. The lowest BCUT2D eigenvalue weighted by Crippen LogP contribution is -2.30. The SMILES string of the molecule is CC/C=C\C/C=C\C/C=C\C/C=C\C/C=C\C/C=C\CCCCCCCCCCC(=O)OCC(COC(=O)CCCCCCCCCCCC)OC(=O)CCCCCCCCCCCCCCCCCCC. The third kappa shape index (κ3) is 57.7. The Labute approximate surface area is 446 Å². The molecule has 0 spiro atoms. The number of ether oxygens (including phenoxy) is 3. The second-order valence-electron chi connectivity index (χ2n) is 20.6. The zero-order valence-electron chi connectivity index (χ0n) is 47.7. The molecule has 0 aliphatic carbocycles. The predicted molar refractivity (Wildman–Crippen MR) is 311 cm³/mol. The Kier molecular flexibility index (Phi) is 57.8. The van der Waals surface area contributed by atoms with Crippen molar-refractivity contribution in [2.75, 3.05) is 13.2 Å². The monoisotopic (exact) mass is 1000 g/mol. The maximum atomic E-state index is 12.9. The number of unbranched alkanes of at least 4 members (excludes halogenated alkanes) is 33. The summed E-state index contributed by atoms with van der Waals surface area (Å²) in [7, 11) is 0. The van der Waals surface area contributed by atoms with Crippen LogP contribution in [-0.2, 0) is 28.6 Å². The van der Waals surface area contributed by atoms with Gasteiger partial charge in [-0.15, -0.1) is 0 Å². The van der Waals surface area contributed by atoms with Gasteiger partial charge in [-0.25, -0.2) is 0 Å². The minimum absolute atomic E-state index is 0.0734. The van der Waals surface area contributed by atoms with E-state index < -0.39 is 6.10 Å². The van der Waals surface area contributed by atoms with E-state index in [0.29, 0.717) is 19.3 Å². The zero-order valence-corrected chi connectivity index (χ0v) is 47.7. The van der Waals surface area contributed by atoms with Crippen molar-refractivity contribution in [2.24, 2.45) is 0 Å². The summed E-state index contributed by atoms with van der Waals surface area (Å²) < 4.78 is 16.9. The molecule has 0 bridgehead atoms. The number of carbonyl (C=O) groups is 3. The van der Waals surface area contributed by atoms with Gasteiger partial charge in [-0.3, -0.25) is 14.4 Å². The van der Waals surface area contributed by atoms with Gasteiger partial charge in [0.2, 0.25) is 0 Å². The van der Waals surface area contributed by atoms with Crippen molar-refractivity contribution < 1.29 is 28.6 Å². The number of esters is 3. The lowest BCUT2D eigenvalue weighted by Gasteiger charge is -2.18. The van der Waals surface area contributed by atoms with Crippen LogP contribution in [0.25, 0.3) is 0 Å². The summed E-state index contributed by atoms with van der Waals surface area (Å²) in [4.78, 5) is 38.2. The summed E-state index contributed by atoms with van der Waals surface area (Å²) in [5.74, 6) is -0.869. The fourth-order valence-electron chi connectivity index (χ4n) is 8.86. The maximum absolute atomic E-state index is 12.9. The minimum atomic E-state index is -0.775. The van der Waals surface area contributed by atoms with E-state index in [2.05, 4.69) is 93.7 Å². The Morgan fingerprint density at radius 3 is 0.847 bits per heavy atom. The summed E-state index contributed by atoms with van der Waals surface area (Å²) in [6.07, 6.45) is 77.6. The van der Waals surface area contributed by atoms with E-state index in [1.165, 1.54) is 167 Å². The van der Waals surface area contributed by atoms with Gasteiger partial charge in [-0.2, -0.15) is 0 Å². The van der Waals surface area contributed by atoms with Crippen LogP contribution in [0.1, 0.15) is 310 Å². The van der Waals surface area contributed by atoms with Crippen LogP contribution in [0.15, 0.2) is 72.9 Å². The topological polar surface area (TPSA) is 78.9 Å². The van der Waals surface area contributed by atoms with Crippen molar-refractivity contribution in [2.45, 2.75) is 316 Å². The molecule has 0 fully saturated rings. The Morgan fingerprint density at radius 1 is 0.292 bits per heavy atom. The summed E-state index contributed by atoms with van der Waals surface area (Å²) in [6.45, 7) is 6.54. The molecule has 1 unspecified atom stereocenters. The first-order chi connectivity index (χ1) is 35.5. The molecular weight excluding hydrogens is 889 g/mol. The highest BCUT2D eigenvalue weighted by molar-refractivity contribution is 5.71. The lowest BCUT2D eigenvalue weighted by molar-refractivity contribution is -0.167. The van der Waals surface area contributed by atoms with Gasteiger partial charge in [0.25, 0.3) is 0 Å². The molecule has 0 aromatic rings. The lowest BCUT2D eigenvalue weighted by atomic mass is 10.0. The predicted octanol–water partition coefficient (Wildman–Crippen LogP) is 20.9. The van der Waals surface area contributed by atoms with Crippen LogP contribution in [0.2, 0.25) is 0 Å². The molecule has 416 valence electrons. The van der Waals surface area contributed by atoms with Crippen molar-refractivity contribution in [3.05, 3.63) is 72.9 Å². The van der Waals surface area contributed by atoms with E-state index in [4.69, 9.17) is 14.2 Å². The summed E-state index contributed by atoms with van der Waals surface area (Å²) >= 11 is 0. The van der Waals surface area contributed by atoms with Crippen LogP contribution < -0.4 is 0 Å². The molecule has 0 aliphatic heterocycles. The van der Waals surface area contributed by atoms with Crippen LogP contribution in [0.5, 0.6) is 0 Å². The molecule has 6 nitrogen and oxygen atoms in total. The average Bonchev–Trinajstić information content (AvgIpc) is 3.38. The van der Waals surface area contributed by atoms with Crippen LogP contribution in [-0.4, -0.2) is 37.2 Å². The molecule has 0 aliphatic rings. The molecule has 0 amide bonds. The molecule has 0 saturated carbocycles. The van der Waals surface area contributed by atoms with E-state index in [1.807, 2.05) is 0 Å². The van der Waals surface area contributed by atoms with Gasteiger partial charge < -0.3 is 14.2 Å². The largest absolute Gasteiger partial charge is 0.462 e. The number of hydrogen-bond acceptors (Lipinski definition) is 6. The smallest absolute Gasteiger partial charge is 0.306 e. The van der Waals surface area contributed by atoms with Gasteiger partial charge in [0.15, 0.2) is 6.10 Å². The molecule has 72 heavy (non-hydrogen) atoms. The van der Waals surface area contributed by atoms with Crippen molar-refractivity contribution in [3.63, 3.8) is 0 Å². The number of carbonyl (C=O) groups excluding carboxylic acids is 3. The summed E-state index contributed by atoms with van der Waals surface area (Å²) in [5, 5.41) is 0. The third-order valence-corrected chi connectivity index (χ3v) is 13.5. The van der Waals surface area contributed by atoms with Crippen LogP contribution >= 0.6 is 0 Å². The Balaban J connectivity index is 4.24. The Morgan fingerprint density at radius 2 is 0.542 bits per heavy atom. The van der Waals surface area contributed by atoms with Gasteiger partial charge in [0.05, 0.1) is 0 Å². The van der Waals surface area contributed by atoms with Crippen molar-refractivity contribution in [1.82, 2.24) is 0 Å². The molecule has 0 heterocycles. The molecule has 0 saturated heterocycles. The van der Waals surface area contributed by atoms with Crippen molar-refractivity contribution >= 4 is 17.9 Å². The molecule has 0 aromatic heterocycles. The molecule has 0 aromatic carbocycles. The fraction of sp³-hybridized carbons (Fsp3) is 0.773. The fourth-order valence-corrected chi connectivity index (χ4v) is 8.86. The second-order valence-corrected chi connectivity index (χ2v) is 20.6. The van der Waals surface area contributed by atoms with Gasteiger partial charge in [-0.05, 0) is 70.6 Å². The molecular formula is C66H116O6. The highest BCUT2D eigenvalue weighted by Crippen LogP contribution is 2.17. The van der Waals surface area contributed by atoms with Gasteiger partial charge >= 0.3 is 17.9 Å². The van der Waals surface area contributed by atoms with E-state index >= 15 is 0 Å². The van der Waals surface area contributed by atoms with E-state index in [1.54, 1.807) is 0 Å². The highest BCUT2D eigenvalue weighted by Gasteiger charge is 2.19. The first-order valence-corrected chi connectivity index (χ1v) is 30.9. The molecule has 0 N–H and O–H groups in total. The first kappa shape index (κ1) is 68.8. The molecule has 0 radical (unpaired) electrons. The minimum Gasteiger partial charge on any atom is -0.462 e. The molecule has 0 rings (SSSR count). The van der Waals surface area contributed by atoms with E-state index in [0.717, 1.165) is 103 Å². The van der Waals surface area contributed by atoms with Crippen LogP contribution in [0.3, 0.4) is 0 Å². The van der Waals surface area contributed by atoms with Crippen molar-refractivity contribution in [1.29, 1.82) is 0 Å². The quantitative estimate of drug-likeness (QED) is 0.0261. The zero-order chi connectivity index (χ0) is 52.2. The summed E-state index contributed by atoms with van der Waals surface area (Å²) in [5.41, 5.74) is 0. The standard InChI is InChI=1S/C66H116O6/c1-4-7-10-13-16-19-22-24-26-28-29-30-31-32-33-34-35-36-37-39-40-42-44-47-50-53-56-59-65(68)71-62-63(61-70-64(67)58-55-52-49-46-21-18-15-12-9-6-3)72-66(69)60-57-54-51-48-45-43-41-38-27-25-23-20-17-14-11-8-5-2/h7,10,16,19,24,26,29-30,32-33,35-36,63H,4-6,8-9,11-15,17-18,20-23,25,27-28,31,34,37-62H2,1-3H3/b10-7-,19-16-,26-24-,30-29-,33-32-,36-35-. The highest BCUT2D eigenvalue weighted by atomic mass is 16.6. The Bertz CT molecular complexity index is 1340. The normalized spacial score (nSPS) is 12.5. The average molecular weight is 1010 g/mol. The van der Waals surface area contributed by atoms with E-state index in [9.17, 15) is 14.4 Å². The third-order valence-electron chi connectivity index (χ3n) is 13.5. The van der Waals surface area contributed by atoms with E-state index in [-0.39, 0.29) is 31.1 Å². The van der Waals surface area contributed by atoms with Gasteiger partial charge in [0.1, 0.15) is 13.2 Å². The molecule has 1 atom stereocenters. The number of rotatable bonds is 56.